The van der Waals surface area contributed by atoms with Gasteiger partial charge in [-0.25, -0.2) is 13.1 Å². The standard InChI is InChI=1S/C16H26N2O2S/c1-4-16(17-5-2)13-7-6-8-15(11-13)21(19,20)18-14-9-12(3)10-14/h6-8,11-12,14,16-18H,4-5,9-10H2,1-3H3. The lowest BCUT2D eigenvalue weighted by Crippen LogP contribution is -2.43. The van der Waals surface area contributed by atoms with Crippen LogP contribution in [0.25, 0.3) is 0 Å². The molecule has 2 rings (SSSR count). The van der Waals surface area contributed by atoms with Gasteiger partial charge < -0.3 is 5.32 Å². The van der Waals surface area contributed by atoms with Gasteiger partial charge in [0.15, 0.2) is 0 Å². The highest BCUT2D eigenvalue weighted by molar-refractivity contribution is 7.89. The molecule has 1 unspecified atom stereocenters. The van der Waals surface area contributed by atoms with Crippen molar-refractivity contribution in [3.63, 3.8) is 0 Å². The lowest BCUT2D eigenvalue weighted by molar-refractivity contribution is 0.270. The van der Waals surface area contributed by atoms with Gasteiger partial charge in [0, 0.05) is 12.1 Å². The summed E-state index contributed by atoms with van der Waals surface area (Å²) in [4.78, 5) is 0.371. The smallest absolute Gasteiger partial charge is 0.240 e. The first-order chi connectivity index (χ1) is 9.96. The number of benzene rings is 1. The van der Waals surface area contributed by atoms with Crippen molar-refractivity contribution in [3.05, 3.63) is 29.8 Å². The molecule has 2 N–H and O–H groups in total. The van der Waals surface area contributed by atoms with Gasteiger partial charge >= 0.3 is 0 Å². The monoisotopic (exact) mass is 310 g/mol. The summed E-state index contributed by atoms with van der Waals surface area (Å²) in [5.74, 6) is 0.627. The topological polar surface area (TPSA) is 58.2 Å². The van der Waals surface area contributed by atoms with Crippen molar-refractivity contribution < 1.29 is 8.42 Å². The van der Waals surface area contributed by atoms with Crippen molar-refractivity contribution in [2.75, 3.05) is 6.54 Å². The van der Waals surface area contributed by atoms with Crippen LogP contribution >= 0.6 is 0 Å². The fourth-order valence-electron chi connectivity index (χ4n) is 2.93. The average Bonchev–Trinajstić information content (AvgIpc) is 2.43. The molecule has 1 aromatic carbocycles. The van der Waals surface area contributed by atoms with Crippen LogP contribution in [0.1, 0.15) is 51.6 Å². The van der Waals surface area contributed by atoms with Crippen LogP contribution in [0.15, 0.2) is 29.2 Å². The van der Waals surface area contributed by atoms with Crippen LogP contribution in [0.3, 0.4) is 0 Å². The van der Waals surface area contributed by atoms with Gasteiger partial charge in [0.1, 0.15) is 0 Å². The van der Waals surface area contributed by atoms with Gasteiger partial charge in [-0.05, 0) is 49.4 Å². The second kappa shape index (κ2) is 6.90. The summed E-state index contributed by atoms with van der Waals surface area (Å²) in [6.45, 7) is 7.17. The van der Waals surface area contributed by atoms with Crippen LogP contribution in [0.5, 0.6) is 0 Å². The molecule has 118 valence electrons. The summed E-state index contributed by atoms with van der Waals surface area (Å²) >= 11 is 0. The maximum atomic E-state index is 12.4. The largest absolute Gasteiger partial charge is 0.310 e. The molecule has 0 heterocycles. The minimum absolute atomic E-state index is 0.101. The molecular formula is C16H26N2O2S. The molecule has 1 fully saturated rings. The van der Waals surface area contributed by atoms with Crippen molar-refractivity contribution in [1.82, 2.24) is 10.0 Å². The number of hydrogen-bond donors (Lipinski definition) is 2. The second-order valence-electron chi connectivity index (χ2n) is 5.99. The molecule has 5 heteroatoms. The van der Waals surface area contributed by atoms with Crippen LogP contribution in [-0.4, -0.2) is 21.0 Å². The fourth-order valence-corrected chi connectivity index (χ4v) is 4.25. The van der Waals surface area contributed by atoms with Crippen molar-refractivity contribution in [1.29, 1.82) is 0 Å². The van der Waals surface area contributed by atoms with Crippen LogP contribution in [0.4, 0.5) is 0 Å². The van der Waals surface area contributed by atoms with Crippen molar-refractivity contribution in [2.45, 2.75) is 57.0 Å². The molecule has 0 aromatic heterocycles. The van der Waals surface area contributed by atoms with Gasteiger partial charge in [-0.3, -0.25) is 0 Å². The van der Waals surface area contributed by atoms with Gasteiger partial charge in [-0.1, -0.05) is 32.9 Å². The van der Waals surface area contributed by atoms with Crippen LogP contribution in [0, 0.1) is 5.92 Å². The van der Waals surface area contributed by atoms with Crippen molar-refractivity contribution >= 4 is 10.0 Å². The highest BCUT2D eigenvalue weighted by Crippen LogP contribution is 2.28. The number of sulfonamides is 1. The SMILES string of the molecule is CCNC(CC)c1cccc(S(=O)(=O)NC2CC(C)C2)c1. The van der Waals surface area contributed by atoms with E-state index in [1.807, 2.05) is 12.1 Å². The minimum Gasteiger partial charge on any atom is -0.310 e. The third-order valence-corrected chi connectivity index (χ3v) is 5.64. The zero-order chi connectivity index (χ0) is 15.5. The van der Waals surface area contributed by atoms with E-state index in [2.05, 4.69) is 30.8 Å². The van der Waals surface area contributed by atoms with E-state index >= 15 is 0 Å². The zero-order valence-electron chi connectivity index (χ0n) is 13.1. The summed E-state index contributed by atoms with van der Waals surface area (Å²) in [5, 5.41) is 3.38. The number of nitrogens with one attached hydrogen (secondary N) is 2. The predicted molar refractivity (Wildman–Crippen MR) is 85.7 cm³/mol. The van der Waals surface area contributed by atoms with Crippen molar-refractivity contribution in [2.24, 2.45) is 5.92 Å². The molecule has 1 aromatic rings. The molecule has 0 radical (unpaired) electrons. The van der Waals surface area contributed by atoms with Gasteiger partial charge in [-0.15, -0.1) is 0 Å². The molecular weight excluding hydrogens is 284 g/mol. The first-order valence-electron chi connectivity index (χ1n) is 7.82. The molecule has 1 aliphatic rings. The number of hydrogen-bond acceptors (Lipinski definition) is 3. The Morgan fingerprint density at radius 3 is 2.57 bits per heavy atom. The minimum atomic E-state index is -3.40. The van der Waals surface area contributed by atoms with E-state index < -0.39 is 10.0 Å². The van der Waals surface area contributed by atoms with Crippen LogP contribution in [-0.2, 0) is 10.0 Å². The maximum absolute atomic E-state index is 12.4. The Bertz CT molecular complexity index is 565. The van der Waals surface area contributed by atoms with E-state index in [-0.39, 0.29) is 12.1 Å². The second-order valence-corrected chi connectivity index (χ2v) is 7.70. The maximum Gasteiger partial charge on any atom is 0.240 e. The third-order valence-electron chi connectivity index (χ3n) is 4.13. The van der Waals surface area contributed by atoms with E-state index in [1.54, 1.807) is 12.1 Å². The molecule has 4 nitrogen and oxygen atoms in total. The van der Waals surface area contributed by atoms with Gasteiger partial charge in [0.2, 0.25) is 10.0 Å². The lowest BCUT2D eigenvalue weighted by Gasteiger charge is -2.33. The Kier molecular flexibility index (Phi) is 5.41. The van der Waals surface area contributed by atoms with E-state index in [0.29, 0.717) is 10.8 Å². The van der Waals surface area contributed by atoms with E-state index in [1.165, 1.54) is 0 Å². The fraction of sp³-hybridized carbons (Fsp3) is 0.625. The Morgan fingerprint density at radius 2 is 2.00 bits per heavy atom. The summed E-state index contributed by atoms with van der Waals surface area (Å²) in [6.07, 6.45) is 2.81. The Morgan fingerprint density at radius 1 is 1.29 bits per heavy atom. The van der Waals surface area contributed by atoms with E-state index in [9.17, 15) is 8.42 Å². The summed E-state index contributed by atoms with van der Waals surface area (Å²) in [7, 11) is -3.40. The van der Waals surface area contributed by atoms with Gasteiger partial charge in [0.25, 0.3) is 0 Å². The molecule has 21 heavy (non-hydrogen) atoms. The molecule has 0 spiro atoms. The van der Waals surface area contributed by atoms with Crippen LogP contribution in [0.2, 0.25) is 0 Å². The average molecular weight is 310 g/mol. The van der Waals surface area contributed by atoms with Gasteiger partial charge in [0.05, 0.1) is 4.90 Å². The molecule has 0 aliphatic heterocycles. The highest BCUT2D eigenvalue weighted by Gasteiger charge is 2.30. The Balaban J connectivity index is 2.15. The lowest BCUT2D eigenvalue weighted by atomic mass is 9.83. The summed E-state index contributed by atoms with van der Waals surface area (Å²) in [5.41, 5.74) is 1.03. The highest BCUT2D eigenvalue weighted by atomic mass is 32.2. The third kappa shape index (κ3) is 4.05. The van der Waals surface area contributed by atoms with E-state index in [4.69, 9.17) is 0 Å². The first-order valence-corrected chi connectivity index (χ1v) is 9.30. The van der Waals surface area contributed by atoms with E-state index in [0.717, 1.165) is 31.4 Å². The Labute approximate surface area is 128 Å². The summed E-state index contributed by atoms with van der Waals surface area (Å²) in [6, 6.07) is 7.58. The molecule has 0 amide bonds. The van der Waals surface area contributed by atoms with Crippen molar-refractivity contribution in [3.8, 4) is 0 Å². The quantitative estimate of drug-likeness (QED) is 0.814. The van der Waals surface area contributed by atoms with Crippen LogP contribution < -0.4 is 10.0 Å². The molecule has 1 saturated carbocycles. The zero-order valence-corrected chi connectivity index (χ0v) is 13.9. The molecule has 0 saturated heterocycles. The number of rotatable bonds is 7. The first kappa shape index (κ1) is 16.5. The summed E-state index contributed by atoms with van der Waals surface area (Å²) < 4.78 is 27.7. The normalized spacial score (nSPS) is 23.6. The van der Waals surface area contributed by atoms with Gasteiger partial charge in [-0.2, -0.15) is 0 Å². The molecule has 1 atom stereocenters. The predicted octanol–water partition coefficient (Wildman–Crippen LogP) is 2.82. The molecule has 0 bridgehead atoms. The molecule has 1 aliphatic carbocycles. The Hall–Kier alpha value is -0.910.